The Bertz CT molecular complexity index is 1010. The number of rotatable bonds is 5. The first-order chi connectivity index (χ1) is 13.2. The van der Waals surface area contributed by atoms with Crippen LogP contribution in [0.5, 0.6) is 0 Å². The smallest absolute Gasteiger partial charge is 0.0963 e. The standard InChI is InChI=1S/C25H24N2/c1-19-15-20(2)17-21(16-19)13-14-27-18-26-24(22-9-5-3-6-10-22)25(27)23-11-7-4-8-12-23/h3-12,15-18H,13-14H2,1-2H3. The Morgan fingerprint density at radius 3 is 1.96 bits per heavy atom. The van der Waals surface area contributed by atoms with Gasteiger partial charge in [-0.1, -0.05) is 90.0 Å². The summed E-state index contributed by atoms with van der Waals surface area (Å²) >= 11 is 0. The third-order valence-electron chi connectivity index (χ3n) is 4.86. The van der Waals surface area contributed by atoms with Crippen molar-refractivity contribution in [1.29, 1.82) is 0 Å². The number of imidazole rings is 1. The van der Waals surface area contributed by atoms with E-state index in [4.69, 9.17) is 4.98 Å². The molecule has 0 atom stereocenters. The third kappa shape index (κ3) is 3.85. The summed E-state index contributed by atoms with van der Waals surface area (Å²) in [7, 11) is 0. The second kappa shape index (κ2) is 7.63. The Labute approximate surface area is 161 Å². The molecule has 4 aromatic rings. The quantitative estimate of drug-likeness (QED) is 0.426. The van der Waals surface area contributed by atoms with Crippen molar-refractivity contribution in [1.82, 2.24) is 9.55 Å². The molecule has 0 saturated carbocycles. The second-order valence-corrected chi connectivity index (χ2v) is 7.11. The molecule has 134 valence electrons. The van der Waals surface area contributed by atoms with Crippen molar-refractivity contribution in [3.63, 3.8) is 0 Å². The lowest BCUT2D eigenvalue weighted by atomic mass is 10.0. The summed E-state index contributed by atoms with van der Waals surface area (Å²) in [6, 6.07) is 27.8. The van der Waals surface area contributed by atoms with E-state index in [0.717, 1.165) is 24.2 Å². The molecule has 3 aromatic carbocycles. The SMILES string of the molecule is Cc1cc(C)cc(CCn2cnc(-c3ccccc3)c2-c2ccccc2)c1. The van der Waals surface area contributed by atoms with E-state index in [1.165, 1.54) is 27.9 Å². The van der Waals surface area contributed by atoms with E-state index in [0.29, 0.717) is 0 Å². The summed E-state index contributed by atoms with van der Waals surface area (Å²) in [5, 5.41) is 0. The Morgan fingerprint density at radius 2 is 1.33 bits per heavy atom. The molecule has 0 N–H and O–H groups in total. The summed E-state index contributed by atoms with van der Waals surface area (Å²) in [5.41, 5.74) is 8.61. The number of aryl methyl sites for hydroxylation is 4. The fourth-order valence-corrected chi connectivity index (χ4v) is 3.72. The van der Waals surface area contributed by atoms with Crippen LogP contribution < -0.4 is 0 Å². The van der Waals surface area contributed by atoms with Gasteiger partial charge in [0.15, 0.2) is 0 Å². The Hall–Kier alpha value is -3.13. The molecule has 0 radical (unpaired) electrons. The molecule has 2 nitrogen and oxygen atoms in total. The number of benzene rings is 3. The second-order valence-electron chi connectivity index (χ2n) is 7.11. The van der Waals surface area contributed by atoms with E-state index >= 15 is 0 Å². The van der Waals surface area contributed by atoms with E-state index < -0.39 is 0 Å². The molecule has 1 heterocycles. The minimum absolute atomic E-state index is 0.910. The summed E-state index contributed by atoms with van der Waals surface area (Å²) in [5.74, 6) is 0. The Morgan fingerprint density at radius 1 is 0.741 bits per heavy atom. The first-order valence-electron chi connectivity index (χ1n) is 9.44. The number of aromatic nitrogens is 2. The van der Waals surface area contributed by atoms with Crippen LogP contribution in [0.15, 0.2) is 85.2 Å². The molecule has 1 aromatic heterocycles. The molecule has 0 saturated heterocycles. The fraction of sp³-hybridized carbons (Fsp3) is 0.160. The van der Waals surface area contributed by atoms with Crippen molar-refractivity contribution in [3.8, 4) is 22.5 Å². The van der Waals surface area contributed by atoms with Crippen LogP contribution >= 0.6 is 0 Å². The first-order valence-corrected chi connectivity index (χ1v) is 9.44. The van der Waals surface area contributed by atoms with Gasteiger partial charge in [-0.25, -0.2) is 4.98 Å². The zero-order valence-corrected chi connectivity index (χ0v) is 15.9. The predicted octanol–water partition coefficient (Wildman–Crippen LogP) is 6.08. The van der Waals surface area contributed by atoms with E-state index in [2.05, 4.69) is 91.2 Å². The van der Waals surface area contributed by atoms with Gasteiger partial charge in [0.05, 0.1) is 17.7 Å². The van der Waals surface area contributed by atoms with Gasteiger partial charge < -0.3 is 4.57 Å². The summed E-state index contributed by atoms with van der Waals surface area (Å²) in [6.07, 6.45) is 2.97. The van der Waals surface area contributed by atoms with Crippen molar-refractivity contribution in [2.24, 2.45) is 0 Å². The normalized spacial score (nSPS) is 10.9. The van der Waals surface area contributed by atoms with Crippen molar-refractivity contribution in [3.05, 3.63) is 102 Å². The van der Waals surface area contributed by atoms with Crippen molar-refractivity contribution in [2.45, 2.75) is 26.8 Å². The topological polar surface area (TPSA) is 17.8 Å². The molecule has 2 heteroatoms. The highest BCUT2D eigenvalue weighted by atomic mass is 15.1. The van der Waals surface area contributed by atoms with Gasteiger partial charge in [0.25, 0.3) is 0 Å². The summed E-state index contributed by atoms with van der Waals surface area (Å²) < 4.78 is 2.29. The monoisotopic (exact) mass is 352 g/mol. The van der Waals surface area contributed by atoms with Gasteiger partial charge in [-0.15, -0.1) is 0 Å². The average molecular weight is 352 g/mol. The van der Waals surface area contributed by atoms with Gasteiger partial charge in [0, 0.05) is 17.7 Å². The van der Waals surface area contributed by atoms with E-state index in [1.807, 2.05) is 12.4 Å². The number of nitrogens with zero attached hydrogens (tertiary/aromatic N) is 2. The van der Waals surface area contributed by atoms with Gasteiger partial charge in [-0.05, 0) is 25.8 Å². The van der Waals surface area contributed by atoms with Crippen LogP contribution in [-0.2, 0) is 13.0 Å². The maximum Gasteiger partial charge on any atom is 0.0963 e. The largest absolute Gasteiger partial charge is 0.330 e. The molecular formula is C25H24N2. The highest BCUT2D eigenvalue weighted by Crippen LogP contribution is 2.31. The van der Waals surface area contributed by atoms with E-state index in [9.17, 15) is 0 Å². The molecule has 0 aliphatic carbocycles. The zero-order valence-electron chi connectivity index (χ0n) is 15.9. The maximum atomic E-state index is 4.77. The molecule has 4 rings (SSSR count). The van der Waals surface area contributed by atoms with Crippen molar-refractivity contribution in [2.75, 3.05) is 0 Å². The van der Waals surface area contributed by atoms with Crippen LogP contribution in [0.3, 0.4) is 0 Å². The number of hydrogen-bond acceptors (Lipinski definition) is 1. The van der Waals surface area contributed by atoms with Crippen LogP contribution in [-0.4, -0.2) is 9.55 Å². The molecule has 0 aliphatic heterocycles. The van der Waals surface area contributed by atoms with Crippen LogP contribution in [0.25, 0.3) is 22.5 Å². The van der Waals surface area contributed by atoms with Gasteiger partial charge in [0.2, 0.25) is 0 Å². The van der Waals surface area contributed by atoms with Gasteiger partial charge in [-0.3, -0.25) is 0 Å². The zero-order chi connectivity index (χ0) is 18.6. The van der Waals surface area contributed by atoms with Crippen LogP contribution in [0.4, 0.5) is 0 Å². The summed E-state index contributed by atoms with van der Waals surface area (Å²) in [4.78, 5) is 4.77. The van der Waals surface area contributed by atoms with Gasteiger partial charge >= 0.3 is 0 Å². The predicted molar refractivity (Wildman–Crippen MR) is 113 cm³/mol. The molecule has 0 unspecified atom stereocenters. The summed E-state index contributed by atoms with van der Waals surface area (Å²) in [6.45, 7) is 5.24. The van der Waals surface area contributed by atoms with E-state index in [-0.39, 0.29) is 0 Å². The molecular weight excluding hydrogens is 328 g/mol. The maximum absolute atomic E-state index is 4.77. The van der Waals surface area contributed by atoms with E-state index in [1.54, 1.807) is 0 Å². The Kier molecular flexibility index (Phi) is 4.88. The minimum atomic E-state index is 0.910. The molecule has 0 spiro atoms. The Balaban J connectivity index is 1.71. The molecule has 0 amide bonds. The highest BCUT2D eigenvalue weighted by Gasteiger charge is 2.14. The first kappa shape index (κ1) is 17.3. The molecule has 0 aliphatic rings. The fourth-order valence-electron chi connectivity index (χ4n) is 3.72. The third-order valence-corrected chi connectivity index (χ3v) is 4.86. The lowest BCUT2D eigenvalue weighted by Gasteiger charge is -2.12. The lowest BCUT2D eigenvalue weighted by molar-refractivity contribution is 0.701. The van der Waals surface area contributed by atoms with Crippen molar-refractivity contribution < 1.29 is 0 Å². The average Bonchev–Trinajstić information content (AvgIpc) is 3.11. The van der Waals surface area contributed by atoms with Crippen LogP contribution in [0, 0.1) is 13.8 Å². The minimum Gasteiger partial charge on any atom is -0.330 e. The lowest BCUT2D eigenvalue weighted by Crippen LogP contribution is -2.03. The highest BCUT2D eigenvalue weighted by molar-refractivity contribution is 5.78. The van der Waals surface area contributed by atoms with Gasteiger partial charge in [-0.2, -0.15) is 0 Å². The molecule has 27 heavy (non-hydrogen) atoms. The van der Waals surface area contributed by atoms with Crippen LogP contribution in [0.2, 0.25) is 0 Å². The molecule has 0 bridgehead atoms. The van der Waals surface area contributed by atoms with Crippen molar-refractivity contribution >= 4 is 0 Å². The number of hydrogen-bond donors (Lipinski definition) is 0. The van der Waals surface area contributed by atoms with Gasteiger partial charge in [0.1, 0.15) is 0 Å². The molecule has 0 fully saturated rings. The van der Waals surface area contributed by atoms with Crippen LogP contribution in [0.1, 0.15) is 16.7 Å².